The Kier molecular flexibility index (Phi) is 3.48. The van der Waals surface area contributed by atoms with Crippen molar-refractivity contribution in [3.8, 4) is 0 Å². The van der Waals surface area contributed by atoms with Crippen LogP contribution in [0.25, 0.3) is 0 Å². The number of nitrogens with one attached hydrogen (secondary N) is 1. The predicted molar refractivity (Wildman–Crippen MR) is 54.7 cm³/mol. The molecule has 3 heteroatoms. The van der Waals surface area contributed by atoms with Crippen molar-refractivity contribution in [2.75, 3.05) is 13.6 Å². The van der Waals surface area contributed by atoms with Gasteiger partial charge < -0.3 is 4.90 Å². The fourth-order valence-corrected chi connectivity index (χ4v) is 1.57. The summed E-state index contributed by atoms with van der Waals surface area (Å²) in [7, 11) is 2.15. The fraction of sp³-hybridized carbons (Fsp3) is 0.700. The monoisotopic (exact) mass is 181 g/mol. The Bertz CT molecular complexity index is 265. The van der Waals surface area contributed by atoms with Crippen molar-refractivity contribution in [1.29, 1.82) is 0 Å². The van der Waals surface area contributed by atoms with Crippen LogP contribution in [0, 0.1) is 6.92 Å². The van der Waals surface area contributed by atoms with E-state index in [-0.39, 0.29) is 0 Å². The third-order valence-electron chi connectivity index (χ3n) is 2.32. The van der Waals surface area contributed by atoms with Crippen LogP contribution >= 0.6 is 0 Å². The first-order valence-corrected chi connectivity index (χ1v) is 4.98. The van der Waals surface area contributed by atoms with Crippen LogP contribution in [0.2, 0.25) is 0 Å². The molecular formula is C10H19N3. The Hall–Kier alpha value is -0.830. The lowest BCUT2D eigenvalue weighted by molar-refractivity contribution is 0.311. The quantitative estimate of drug-likeness (QED) is 0.661. The van der Waals surface area contributed by atoms with Crippen LogP contribution in [0.4, 0.5) is 0 Å². The van der Waals surface area contributed by atoms with Crippen LogP contribution in [0.3, 0.4) is 0 Å². The Morgan fingerprint density at radius 3 is 2.77 bits per heavy atom. The highest BCUT2D eigenvalue weighted by atomic mass is 15.2. The van der Waals surface area contributed by atoms with E-state index in [2.05, 4.69) is 29.1 Å². The summed E-state index contributed by atoms with van der Waals surface area (Å²) >= 11 is 0. The van der Waals surface area contributed by atoms with Gasteiger partial charge in [0, 0.05) is 30.8 Å². The van der Waals surface area contributed by atoms with Gasteiger partial charge in [-0.2, -0.15) is 5.10 Å². The molecule has 0 saturated carbocycles. The predicted octanol–water partition coefficient (Wildman–Crippen LogP) is 1.73. The molecule has 0 fully saturated rings. The van der Waals surface area contributed by atoms with E-state index in [1.807, 2.05) is 13.8 Å². The van der Waals surface area contributed by atoms with Crippen molar-refractivity contribution < 1.29 is 0 Å². The molecule has 0 aromatic carbocycles. The smallest absolute Gasteiger partial charge is 0.0682 e. The Morgan fingerprint density at radius 2 is 2.08 bits per heavy atom. The lowest BCUT2D eigenvalue weighted by atomic mass is 10.1. The van der Waals surface area contributed by atoms with Gasteiger partial charge in [0.25, 0.3) is 0 Å². The average molecular weight is 181 g/mol. The third-order valence-corrected chi connectivity index (χ3v) is 2.32. The van der Waals surface area contributed by atoms with Crippen molar-refractivity contribution in [3.63, 3.8) is 0 Å². The zero-order valence-corrected chi connectivity index (χ0v) is 9.02. The van der Waals surface area contributed by atoms with Crippen LogP contribution in [0.1, 0.15) is 30.8 Å². The van der Waals surface area contributed by atoms with Gasteiger partial charge >= 0.3 is 0 Å². The number of aromatic nitrogens is 2. The molecule has 0 saturated heterocycles. The summed E-state index contributed by atoms with van der Waals surface area (Å²) in [5.74, 6) is 0. The van der Waals surface area contributed by atoms with E-state index in [1.165, 1.54) is 17.0 Å². The van der Waals surface area contributed by atoms with Gasteiger partial charge in [-0.15, -0.1) is 0 Å². The van der Waals surface area contributed by atoms with Gasteiger partial charge in [0.1, 0.15) is 0 Å². The molecule has 0 radical (unpaired) electrons. The van der Waals surface area contributed by atoms with E-state index in [1.54, 1.807) is 0 Å². The van der Waals surface area contributed by atoms with E-state index in [0.29, 0.717) is 0 Å². The topological polar surface area (TPSA) is 31.9 Å². The van der Waals surface area contributed by atoms with E-state index in [9.17, 15) is 0 Å². The second-order valence-electron chi connectivity index (χ2n) is 3.26. The second kappa shape index (κ2) is 4.42. The number of rotatable bonds is 0. The average Bonchev–Trinajstić information content (AvgIpc) is 2.52. The molecule has 0 aliphatic carbocycles. The van der Waals surface area contributed by atoms with Gasteiger partial charge in [-0.25, -0.2) is 0 Å². The van der Waals surface area contributed by atoms with Gasteiger partial charge in [0.05, 0.1) is 5.69 Å². The first kappa shape index (κ1) is 10.3. The molecule has 0 bridgehead atoms. The second-order valence-corrected chi connectivity index (χ2v) is 3.26. The number of hydrogen-bond acceptors (Lipinski definition) is 2. The van der Waals surface area contributed by atoms with Gasteiger partial charge in [-0.3, -0.25) is 5.10 Å². The number of aryl methyl sites for hydroxylation is 1. The largest absolute Gasteiger partial charge is 0.302 e. The molecule has 2 rings (SSSR count). The molecule has 1 aromatic heterocycles. The number of H-pyrrole nitrogens is 1. The summed E-state index contributed by atoms with van der Waals surface area (Å²) in [5.41, 5.74) is 3.89. The summed E-state index contributed by atoms with van der Waals surface area (Å²) in [5, 5.41) is 7.26. The maximum Gasteiger partial charge on any atom is 0.0682 e. The SMILES string of the molecule is CC.Cc1[nH]nc2c1CN(C)CC2. The number of nitrogens with zero attached hydrogens (tertiary/aromatic N) is 2. The molecule has 1 N–H and O–H groups in total. The Morgan fingerprint density at radius 1 is 1.38 bits per heavy atom. The third kappa shape index (κ3) is 2.10. The van der Waals surface area contributed by atoms with Crippen molar-refractivity contribution in [1.82, 2.24) is 15.1 Å². The molecule has 0 atom stereocenters. The van der Waals surface area contributed by atoms with Gasteiger partial charge in [0.15, 0.2) is 0 Å². The first-order chi connectivity index (χ1) is 6.27. The number of likely N-dealkylation sites (N-methyl/N-ethyl adjacent to an activating group) is 1. The van der Waals surface area contributed by atoms with Crippen molar-refractivity contribution >= 4 is 0 Å². The van der Waals surface area contributed by atoms with Crippen LogP contribution in [-0.2, 0) is 13.0 Å². The van der Waals surface area contributed by atoms with E-state index in [0.717, 1.165) is 19.5 Å². The van der Waals surface area contributed by atoms with Crippen LogP contribution in [0.5, 0.6) is 0 Å². The van der Waals surface area contributed by atoms with Crippen LogP contribution in [0.15, 0.2) is 0 Å². The molecule has 3 nitrogen and oxygen atoms in total. The summed E-state index contributed by atoms with van der Waals surface area (Å²) in [6.07, 6.45) is 1.09. The van der Waals surface area contributed by atoms with Gasteiger partial charge in [0.2, 0.25) is 0 Å². The molecule has 1 aliphatic heterocycles. The zero-order chi connectivity index (χ0) is 9.84. The van der Waals surface area contributed by atoms with E-state index in [4.69, 9.17) is 0 Å². The van der Waals surface area contributed by atoms with Gasteiger partial charge in [-0.05, 0) is 14.0 Å². The number of aromatic amines is 1. The summed E-state index contributed by atoms with van der Waals surface area (Å²) in [6, 6.07) is 0. The summed E-state index contributed by atoms with van der Waals surface area (Å²) in [4.78, 5) is 2.32. The molecule has 2 heterocycles. The first-order valence-electron chi connectivity index (χ1n) is 4.98. The van der Waals surface area contributed by atoms with Crippen molar-refractivity contribution in [2.24, 2.45) is 0 Å². The van der Waals surface area contributed by atoms with Crippen molar-refractivity contribution in [3.05, 3.63) is 17.0 Å². The van der Waals surface area contributed by atoms with E-state index >= 15 is 0 Å². The maximum absolute atomic E-state index is 4.24. The Balaban J connectivity index is 0.000000396. The lowest BCUT2D eigenvalue weighted by Crippen LogP contribution is -2.26. The standard InChI is InChI=1S/C8H13N3.C2H6/c1-6-7-5-11(2)4-3-8(7)10-9-6;1-2/h3-5H2,1-2H3,(H,9,10);1-2H3. The van der Waals surface area contributed by atoms with Crippen LogP contribution < -0.4 is 0 Å². The Labute approximate surface area is 80.1 Å². The molecule has 74 valence electrons. The highest BCUT2D eigenvalue weighted by Gasteiger charge is 2.17. The molecule has 1 aromatic rings. The zero-order valence-electron chi connectivity index (χ0n) is 9.02. The normalized spacial score (nSPS) is 16.0. The highest BCUT2D eigenvalue weighted by Crippen LogP contribution is 2.17. The molecule has 0 unspecified atom stereocenters. The lowest BCUT2D eigenvalue weighted by Gasteiger charge is -2.21. The molecule has 1 aliphatic rings. The molecule has 0 spiro atoms. The number of fused-ring (bicyclic) bond motifs is 1. The summed E-state index contributed by atoms with van der Waals surface area (Å²) < 4.78 is 0. The highest BCUT2D eigenvalue weighted by molar-refractivity contribution is 5.26. The van der Waals surface area contributed by atoms with Gasteiger partial charge in [-0.1, -0.05) is 13.8 Å². The van der Waals surface area contributed by atoms with Crippen LogP contribution in [-0.4, -0.2) is 28.7 Å². The molecule has 13 heavy (non-hydrogen) atoms. The van der Waals surface area contributed by atoms with Crippen molar-refractivity contribution in [2.45, 2.75) is 33.7 Å². The number of hydrogen-bond donors (Lipinski definition) is 1. The van der Waals surface area contributed by atoms with E-state index < -0.39 is 0 Å². The fourth-order valence-electron chi connectivity index (χ4n) is 1.57. The molecular weight excluding hydrogens is 162 g/mol. The minimum Gasteiger partial charge on any atom is -0.302 e. The molecule has 0 amide bonds. The minimum atomic E-state index is 1.05. The summed E-state index contributed by atoms with van der Waals surface area (Å²) in [6.45, 7) is 8.28. The minimum absolute atomic E-state index is 1.05. The maximum atomic E-state index is 4.24.